The summed E-state index contributed by atoms with van der Waals surface area (Å²) in [5.74, 6) is 1.79. The van der Waals surface area contributed by atoms with Crippen LogP contribution in [0.4, 0.5) is 5.69 Å². The highest BCUT2D eigenvalue weighted by molar-refractivity contribution is 5.95. The standard InChI is InChI=1S/C23H24N8O3/c1-3-34-18-13-15(8-11-17(18)33-2)20(27-16-9-6-14(7-10-16)21(24)25)22-28-23(32)31(30-22)19-5-4-12-26-29-19/h4-13,20,27H,3H2,1-2H3,(H3,24,25)(H,28,30,32)/t20-/m0/s1. The second-order valence-electron chi connectivity index (χ2n) is 7.22. The van der Waals surface area contributed by atoms with E-state index in [-0.39, 0.29) is 5.84 Å². The highest BCUT2D eigenvalue weighted by atomic mass is 16.5. The fourth-order valence-corrected chi connectivity index (χ4v) is 3.40. The Labute approximate surface area is 195 Å². The lowest BCUT2D eigenvalue weighted by Gasteiger charge is -2.20. The smallest absolute Gasteiger partial charge is 0.349 e. The highest BCUT2D eigenvalue weighted by Crippen LogP contribution is 2.33. The van der Waals surface area contributed by atoms with E-state index in [2.05, 4.69) is 25.6 Å². The van der Waals surface area contributed by atoms with Crippen LogP contribution in [0, 0.1) is 5.41 Å². The first-order valence-electron chi connectivity index (χ1n) is 10.5. The number of nitrogens with zero attached hydrogens (tertiary/aromatic N) is 4. The van der Waals surface area contributed by atoms with Gasteiger partial charge in [0.2, 0.25) is 0 Å². The Morgan fingerprint density at radius 3 is 2.65 bits per heavy atom. The number of benzene rings is 2. The molecule has 2 aromatic heterocycles. The van der Waals surface area contributed by atoms with Gasteiger partial charge in [0.1, 0.15) is 11.9 Å². The van der Waals surface area contributed by atoms with Crippen LogP contribution < -0.4 is 26.2 Å². The van der Waals surface area contributed by atoms with Crippen LogP contribution in [0.2, 0.25) is 0 Å². The van der Waals surface area contributed by atoms with Gasteiger partial charge in [-0.2, -0.15) is 9.78 Å². The zero-order valence-corrected chi connectivity index (χ0v) is 18.6. The molecule has 0 unspecified atom stereocenters. The lowest BCUT2D eigenvalue weighted by molar-refractivity contribution is 0.310. The van der Waals surface area contributed by atoms with Crippen molar-refractivity contribution in [1.82, 2.24) is 25.0 Å². The third-order valence-corrected chi connectivity index (χ3v) is 5.01. The highest BCUT2D eigenvalue weighted by Gasteiger charge is 2.22. The van der Waals surface area contributed by atoms with Crippen LogP contribution in [-0.2, 0) is 0 Å². The molecule has 5 N–H and O–H groups in total. The van der Waals surface area contributed by atoms with Crippen molar-refractivity contribution in [2.45, 2.75) is 13.0 Å². The number of anilines is 1. The number of hydrogen-bond acceptors (Lipinski definition) is 8. The molecule has 11 heteroatoms. The number of aromatic nitrogens is 5. The lowest BCUT2D eigenvalue weighted by atomic mass is 10.0. The molecule has 1 atom stereocenters. The summed E-state index contributed by atoms with van der Waals surface area (Å²) < 4.78 is 12.3. The van der Waals surface area contributed by atoms with Crippen LogP contribution in [0.5, 0.6) is 11.5 Å². The quantitative estimate of drug-likeness (QED) is 0.219. The fraction of sp³-hybridized carbons (Fsp3) is 0.174. The molecular weight excluding hydrogens is 436 g/mol. The number of methoxy groups -OCH3 is 1. The molecule has 11 nitrogen and oxygen atoms in total. The van der Waals surface area contributed by atoms with Crippen LogP contribution in [0.1, 0.15) is 29.9 Å². The number of ether oxygens (including phenoxy) is 2. The average Bonchev–Trinajstić information content (AvgIpc) is 3.24. The van der Waals surface area contributed by atoms with Crippen LogP contribution >= 0.6 is 0 Å². The zero-order valence-electron chi connectivity index (χ0n) is 18.6. The first-order chi connectivity index (χ1) is 16.5. The van der Waals surface area contributed by atoms with E-state index in [9.17, 15) is 4.79 Å². The monoisotopic (exact) mass is 460 g/mol. The number of amidine groups is 1. The van der Waals surface area contributed by atoms with Crippen molar-refractivity contribution in [2.24, 2.45) is 5.73 Å². The van der Waals surface area contributed by atoms with Crippen molar-refractivity contribution in [3.8, 4) is 17.3 Å². The number of hydrogen-bond donors (Lipinski definition) is 4. The summed E-state index contributed by atoms with van der Waals surface area (Å²) >= 11 is 0. The fourth-order valence-electron chi connectivity index (χ4n) is 3.40. The third-order valence-electron chi connectivity index (χ3n) is 5.01. The van der Waals surface area contributed by atoms with Crippen molar-refractivity contribution in [3.05, 3.63) is 88.2 Å². The lowest BCUT2D eigenvalue weighted by Crippen LogP contribution is -2.17. The summed E-state index contributed by atoms with van der Waals surface area (Å²) in [7, 11) is 1.57. The second kappa shape index (κ2) is 9.86. The number of nitrogen functional groups attached to an aromatic ring is 1. The molecule has 4 aromatic rings. The second-order valence-corrected chi connectivity index (χ2v) is 7.22. The molecule has 0 saturated carbocycles. The summed E-state index contributed by atoms with van der Waals surface area (Å²) in [5.41, 5.74) is 7.23. The molecule has 2 aromatic carbocycles. The SMILES string of the molecule is CCOc1cc([C@H](Nc2ccc(C(=N)N)cc2)c2nn(-c3cccnn3)c(=O)[nH]2)ccc1OC. The van der Waals surface area contributed by atoms with Gasteiger partial charge in [-0.1, -0.05) is 6.07 Å². The predicted octanol–water partition coefficient (Wildman–Crippen LogP) is 2.24. The maximum atomic E-state index is 12.7. The Hall–Kier alpha value is -4.67. The summed E-state index contributed by atoms with van der Waals surface area (Å²) in [6.45, 7) is 2.35. The molecule has 4 rings (SSSR count). The van der Waals surface area contributed by atoms with Crippen LogP contribution in [0.25, 0.3) is 5.82 Å². The Morgan fingerprint density at radius 1 is 1.21 bits per heavy atom. The van der Waals surface area contributed by atoms with Gasteiger partial charge in [-0.05, 0) is 61.0 Å². The predicted molar refractivity (Wildman–Crippen MR) is 127 cm³/mol. The van der Waals surface area contributed by atoms with E-state index in [1.54, 1.807) is 49.6 Å². The molecule has 0 aliphatic carbocycles. The van der Waals surface area contributed by atoms with Crippen molar-refractivity contribution < 1.29 is 9.47 Å². The van der Waals surface area contributed by atoms with Crippen molar-refractivity contribution in [3.63, 3.8) is 0 Å². The van der Waals surface area contributed by atoms with E-state index < -0.39 is 11.7 Å². The van der Waals surface area contributed by atoms with Crippen molar-refractivity contribution in [2.75, 3.05) is 19.0 Å². The molecular formula is C23H24N8O3. The summed E-state index contributed by atoms with van der Waals surface area (Å²) in [6.07, 6.45) is 1.52. The summed E-state index contributed by atoms with van der Waals surface area (Å²) in [5, 5.41) is 23.2. The average molecular weight is 460 g/mol. The van der Waals surface area contributed by atoms with Crippen LogP contribution in [-0.4, -0.2) is 44.5 Å². The van der Waals surface area contributed by atoms with Gasteiger partial charge in [-0.15, -0.1) is 10.2 Å². The van der Waals surface area contributed by atoms with E-state index in [0.29, 0.717) is 35.3 Å². The molecule has 0 bridgehead atoms. The number of nitrogens with two attached hydrogens (primary N) is 1. The van der Waals surface area contributed by atoms with Crippen molar-refractivity contribution in [1.29, 1.82) is 5.41 Å². The van der Waals surface area contributed by atoms with Gasteiger partial charge < -0.3 is 20.5 Å². The molecule has 0 saturated heterocycles. The molecule has 0 amide bonds. The van der Waals surface area contributed by atoms with E-state index in [1.165, 1.54) is 6.20 Å². The topological polar surface area (TPSA) is 157 Å². The van der Waals surface area contributed by atoms with Gasteiger partial charge in [0.25, 0.3) is 0 Å². The molecule has 34 heavy (non-hydrogen) atoms. The van der Waals surface area contributed by atoms with Gasteiger partial charge in [-0.25, -0.2) is 4.79 Å². The molecule has 2 heterocycles. The summed E-state index contributed by atoms with van der Waals surface area (Å²) in [6, 6.07) is 15.3. The minimum Gasteiger partial charge on any atom is -0.493 e. The molecule has 0 aliphatic rings. The van der Waals surface area contributed by atoms with E-state index in [0.717, 1.165) is 15.9 Å². The molecule has 0 fully saturated rings. The minimum atomic E-state index is -0.557. The largest absolute Gasteiger partial charge is 0.493 e. The first-order valence-corrected chi connectivity index (χ1v) is 10.5. The Kier molecular flexibility index (Phi) is 6.53. The summed E-state index contributed by atoms with van der Waals surface area (Å²) in [4.78, 5) is 15.5. The maximum Gasteiger partial charge on any atom is 0.349 e. The van der Waals surface area contributed by atoms with Crippen molar-refractivity contribution >= 4 is 11.5 Å². The number of nitrogens with one attached hydrogen (secondary N) is 3. The van der Waals surface area contributed by atoms with Gasteiger partial charge in [-0.3, -0.25) is 10.4 Å². The van der Waals surface area contributed by atoms with E-state index >= 15 is 0 Å². The van der Waals surface area contributed by atoms with Crippen LogP contribution in [0.3, 0.4) is 0 Å². The van der Waals surface area contributed by atoms with Crippen LogP contribution in [0.15, 0.2) is 65.6 Å². The molecule has 0 aliphatic heterocycles. The Balaban J connectivity index is 1.78. The van der Waals surface area contributed by atoms with Gasteiger partial charge in [0.05, 0.1) is 13.7 Å². The molecule has 0 radical (unpaired) electrons. The Morgan fingerprint density at radius 2 is 2.00 bits per heavy atom. The first kappa shape index (κ1) is 22.5. The number of aromatic amines is 1. The van der Waals surface area contributed by atoms with Gasteiger partial charge in [0, 0.05) is 17.4 Å². The number of H-pyrrole nitrogens is 1. The maximum absolute atomic E-state index is 12.7. The number of rotatable bonds is 9. The normalized spacial score (nSPS) is 11.6. The van der Waals surface area contributed by atoms with E-state index in [1.807, 2.05) is 19.1 Å². The van der Waals surface area contributed by atoms with E-state index in [4.69, 9.17) is 20.6 Å². The Bertz CT molecular complexity index is 1330. The molecule has 174 valence electrons. The minimum absolute atomic E-state index is 0.0216. The third kappa shape index (κ3) is 4.72. The van der Waals surface area contributed by atoms with Gasteiger partial charge >= 0.3 is 5.69 Å². The molecule has 0 spiro atoms. The van der Waals surface area contributed by atoms with Gasteiger partial charge in [0.15, 0.2) is 23.1 Å². The zero-order chi connectivity index (χ0) is 24.1.